The van der Waals surface area contributed by atoms with Gasteiger partial charge in [-0.1, -0.05) is 54.5 Å². The fraction of sp³-hybridized carbons (Fsp3) is 0.412. The lowest BCUT2D eigenvalue weighted by molar-refractivity contribution is -0.0512. The Balaban J connectivity index is 0.00000433. The van der Waals surface area contributed by atoms with Crippen molar-refractivity contribution < 1.29 is 28.7 Å². The smallest absolute Gasteiger partial charge is 0.397 e. The van der Waals surface area contributed by atoms with Crippen LogP contribution in [0.4, 0.5) is 19.2 Å². The zero-order chi connectivity index (χ0) is 34.3. The molecule has 2 aliphatic rings. The third kappa shape index (κ3) is 12.5. The van der Waals surface area contributed by atoms with E-state index in [1.807, 2.05) is 48.5 Å². The number of hydrogen-bond acceptors (Lipinski definition) is 8. The van der Waals surface area contributed by atoms with Gasteiger partial charge >= 0.3 is 30.5 Å². The molecule has 14 nitrogen and oxygen atoms in total. The Morgan fingerprint density at radius 2 is 1.04 bits per heavy atom. The number of nitrogens with zero attached hydrogens (tertiary/aromatic N) is 4. The fourth-order valence-electron chi connectivity index (χ4n) is 5.07. The first kappa shape index (κ1) is 41.3. The van der Waals surface area contributed by atoms with E-state index in [1.54, 1.807) is 16.7 Å². The van der Waals surface area contributed by atoms with Crippen LogP contribution < -0.4 is 22.1 Å². The molecule has 6 amide bonds. The molecule has 0 bridgehead atoms. The van der Waals surface area contributed by atoms with Gasteiger partial charge in [0.2, 0.25) is 0 Å². The fourth-order valence-corrected chi connectivity index (χ4v) is 5.07. The first-order valence-corrected chi connectivity index (χ1v) is 15.7. The predicted octanol–water partition coefficient (Wildman–Crippen LogP) is 2.43. The maximum atomic E-state index is 13.0. The van der Waals surface area contributed by atoms with Gasteiger partial charge in [0.25, 0.3) is 0 Å². The number of nitrogens with two attached hydrogens (primary N) is 2. The molecular weight excluding hydrogens is 687 g/mol. The van der Waals surface area contributed by atoms with Crippen LogP contribution in [0.5, 0.6) is 0 Å². The molecule has 0 saturated carbocycles. The summed E-state index contributed by atoms with van der Waals surface area (Å²) in [6.07, 6.45) is -2.96. The second-order valence-corrected chi connectivity index (χ2v) is 11.1. The van der Waals surface area contributed by atoms with Gasteiger partial charge in [0, 0.05) is 78.5 Å². The number of urea groups is 2. The number of halogens is 2. The molecule has 2 heterocycles. The van der Waals surface area contributed by atoms with Crippen molar-refractivity contribution in [2.45, 2.75) is 39.4 Å². The molecule has 0 aromatic heterocycles. The summed E-state index contributed by atoms with van der Waals surface area (Å²) in [7, 11) is 0. The van der Waals surface area contributed by atoms with Crippen LogP contribution in [0.2, 0.25) is 0 Å². The summed E-state index contributed by atoms with van der Waals surface area (Å²) < 4.78 is 10.9. The average molecular weight is 732 g/mol. The van der Waals surface area contributed by atoms with Crippen molar-refractivity contribution in [1.82, 2.24) is 30.2 Å². The Hall–Kier alpha value is -4.86. The third-order valence-corrected chi connectivity index (χ3v) is 7.79. The van der Waals surface area contributed by atoms with Crippen LogP contribution in [-0.2, 0) is 35.7 Å². The molecule has 16 heteroatoms. The van der Waals surface area contributed by atoms with Crippen molar-refractivity contribution in [3.05, 3.63) is 70.8 Å². The van der Waals surface area contributed by atoms with Crippen molar-refractivity contribution in [2.24, 2.45) is 11.5 Å². The highest BCUT2D eigenvalue weighted by atomic mass is 35.5. The SMILES string of the molecule is CC#CC#CC(OC(=O)N1CCN(C(=O)NCc2cccc(CN)c2)CC1)OC(=O)N1CCN(C(=O)NCc2cccc(CN)c2)CC1.Cl.Cl. The van der Waals surface area contributed by atoms with E-state index in [4.69, 9.17) is 20.9 Å². The van der Waals surface area contributed by atoms with Gasteiger partial charge in [-0.15, -0.1) is 24.8 Å². The van der Waals surface area contributed by atoms with E-state index in [9.17, 15) is 19.2 Å². The average Bonchev–Trinajstić information content (AvgIpc) is 3.13. The van der Waals surface area contributed by atoms with Gasteiger partial charge in [-0.05, 0) is 46.9 Å². The lowest BCUT2D eigenvalue weighted by Crippen LogP contribution is -2.54. The molecule has 0 atom stereocenters. The second kappa shape index (κ2) is 21.3. The monoisotopic (exact) mass is 730 g/mol. The van der Waals surface area contributed by atoms with Gasteiger partial charge in [-0.25, -0.2) is 19.2 Å². The number of ether oxygens (including phenoxy) is 2. The molecule has 2 aromatic carbocycles. The first-order valence-electron chi connectivity index (χ1n) is 15.7. The first-order chi connectivity index (χ1) is 23.3. The van der Waals surface area contributed by atoms with E-state index in [-0.39, 0.29) is 63.1 Å². The molecule has 0 unspecified atom stereocenters. The maximum absolute atomic E-state index is 13.0. The summed E-state index contributed by atoms with van der Waals surface area (Å²) in [5, 5.41) is 5.79. The molecule has 0 aliphatic carbocycles. The summed E-state index contributed by atoms with van der Waals surface area (Å²) in [4.78, 5) is 57.4. The zero-order valence-corrected chi connectivity index (χ0v) is 29.5. The third-order valence-electron chi connectivity index (χ3n) is 7.79. The minimum Gasteiger partial charge on any atom is -0.397 e. The molecular formula is C34H44Cl2N8O6. The predicted molar refractivity (Wildman–Crippen MR) is 192 cm³/mol. The van der Waals surface area contributed by atoms with Gasteiger partial charge in [-0.2, -0.15) is 0 Å². The summed E-state index contributed by atoms with van der Waals surface area (Å²) in [6.45, 7) is 5.20. The number of carbonyl (C=O) groups is 4. The van der Waals surface area contributed by atoms with E-state index in [0.717, 1.165) is 22.3 Å². The van der Waals surface area contributed by atoms with E-state index in [2.05, 4.69) is 34.3 Å². The van der Waals surface area contributed by atoms with Crippen LogP contribution in [0, 0.1) is 23.7 Å². The minimum absolute atomic E-state index is 0. The molecule has 6 N–H and O–H groups in total. The minimum atomic E-state index is -1.50. The summed E-state index contributed by atoms with van der Waals surface area (Å²) in [5.74, 6) is 10.3. The number of carbonyl (C=O) groups excluding carboxylic acids is 4. The highest BCUT2D eigenvalue weighted by Gasteiger charge is 2.30. The summed E-state index contributed by atoms with van der Waals surface area (Å²) >= 11 is 0. The molecule has 270 valence electrons. The van der Waals surface area contributed by atoms with E-state index >= 15 is 0 Å². The van der Waals surface area contributed by atoms with Crippen molar-refractivity contribution in [3.63, 3.8) is 0 Å². The van der Waals surface area contributed by atoms with Gasteiger partial charge in [0.1, 0.15) is 0 Å². The van der Waals surface area contributed by atoms with Gasteiger partial charge in [0.05, 0.1) is 0 Å². The second-order valence-electron chi connectivity index (χ2n) is 11.1. The van der Waals surface area contributed by atoms with Crippen molar-refractivity contribution in [3.8, 4) is 23.7 Å². The van der Waals surface area contributed by atoms with Gasteiger partial charge in [-0.3, -0.25) is 0 Å². The van der Waals surface area contributed by atoms with E-state index < -0.39 is 18.5 Å². The Kier molecular flexibility index (Phi) is 17.6. The number of piperazine rings is 2. The molecule has 50 heavy (non-hydrogen) atoms. The summed E-state index contributed by atoms with van der Waals surface area (Å²) in [6, 6.07) is 14.9. The molecule has 0 spiro atoms. The van der Waals surface area contributed by atoms with Crippen molar-refractivity contribution >= 4 is 49.1 Å². The lowest BCUT2D eigenvalue weighted by Gasteiger charge is -2.35. The number of hydrogen-bond donors (Lipinski definition) is 4. The van der Waals surface area contributed by atoms with Crippen LogP contribution >= 0.6 is 24.8 Å². The van der Waals surface area contributed by atoms with Gasteiger partial charge < -0.3 is 51.2 Å². The largest absolute Gasteiger partial charge is 0.413 e. The molecule has 2 saturated heterocycles. The number of nitrogens with one attached hydrogen (secondary N) is 2. The van der Waals surface area contributed by atoms with Crippen LogP contribution in [-0.4, -0.2) is 102 Å². The zero-order valence-electron chi connectivity index (χ0n) is 27.9. The van der Waals surface area contributed by atoms with Crippen LogP contribution in [0.25, 0.3) is 0 Å². The van der Waals surface area contributed by atoms with Crippen LogP contribution in [0.1, 0.15) is 29.2 Å². The van der Waals surface area contributed by atoms with E-state index in [0.29, 0.717) is 52.4 Å². The standard InChI is InChI=1S/C34H42N8O6.2ClH/c1-2-3-4-11-30(47-33(45)41-16-12-39(13-17-41)31(43)37-24-28-9-5-7-26(20-28)22-35)48-34(46)42-18-14-40(15-19-42)32(44)38-25-29-10-6-8-27(21-29)23-36;;/h5-10,20-21,30H,12-19,22-25,35-36H2,1H3,(H,37,43)(H,38,44);2*1H. The quantitative estimate of drug-likeness (QED) is 0.237. The molecule has 2 aliphatic heterocycles. The van der Waals surface area contributed by atoms with Crippen LogP contribution in [0.15, 0.2) is 48.5 Å². The maximum Gasteiger partial charge on any atom is 0.413 e. The molecule has 0 radical (unpaired) electrons. The molecule has 2 fully saturated rings. The lowest BCUT2D eigenvalue weighted by atomic mass is 10.1. The molecule has 4 rings (SSSR count). The van der Waals surface area contributed by atoms with E-state index in [1.165, 1.54) is 9.80 Å². The van der Waals surface area contributed by atoms with Gasteiger partial charge in [0.15, 0.2) is 0 Å². The molecule has 2 aromatic rings. The Morgan fingerprint density at radius 1 is 0.660 bits per heavy atom. The Labute approximate surface area is 305 Å². The Morgan fingerprint density at radius 3 is 1.42 bits per heavy atom. The van der Waals surface area contributed by atoms with Crippen molar-refractivity contribution in [2.75, 3.05) is 52.4 Å². The number of amides is 6. The van der Waals surface area contributed by atoms with Crippen molar-refractivity contribution in [1.29, 1.82) is 0 Å². The number of rotatable bonds is 8. The topological polar surface area (TPSA) is 176 Å². The Bertz CT molecular complexity index is 1480. The highest BCUT2D eigenvalue weighted by Crippen LogP contribution is 2.11. The number of benzene rings is 2. The van der Waals surface area contributed by atoms with Crippen LogP contribution in [0.3, 0.4) is 0 Å². The summed E-state index contributed by atoms with van der Waals surface area (Å²) in [5.41, 5.74) is 15.2. The normalized spacial score (nSPS) is 13.7. The highest BCUT2D eigenvalue weighted by molar-refractivity contribution is 5.85.